The summed E-state index contributed by atoms with van der Waals surface area (Å²) in [6.07, 6.45) is 29.5. The maximum atomic E-state index is 10.2. The molecule has 0 aromatic carbocycles. The molecule has 0 saturated heterocycles. The molecule has 0 amide bonds. The van der Waals surface area contributed by atoms with Crippen LogP contribution < -0.4 is 0 Å². The molecule has 238 valence electrons. The van der Waals surface area contributed by atoms with Gasteiger partial charge in [0, 0.05) is 12.8 Å². The van der Waals surface area contributed by atoms with Crippen molar-refractivity contribution in [1.82, 2.24) is 0 Å². The summed E-state index contributed by atoms with van der Waals surface area (Å²) in [6, 6.07) is 0. The van der Waals surface area contributed by atoms with Gasteiger partial charge in [-0.15, -0.1) is 0 Å². The second-order valence-corrected chi connectivity index (χ2v) is 14.8. The fraction of sp³-hybridized carbons (Fsp3) is 0.909. The molecule has 0 aliphatic heterocycles. The zero-order valence-electron chi connectivity index (χ0n) is 27.0. The van der Waals surface area contributed by atoms with E-state index < -0.39 is 11.9 Å². The number of aliphatic carboxylic acids is 2. The third-order valence-electron chi connectivity index (χ3n) is 6.40. The maximum absolute atomic E-state index is 10.2. The molecule has 0 rings (SSSR count). The van der Waals surface area contributed by atoms with Gasteiger partial charge in [0.25, 0.3) is 0 Å². The van der Waals surface area contributed by atoms with Crippen LogP contribution in [-0.2, 0) is 14.4 Å². The van der Waals surface area contributed by atoms with Crippen LogP contribution in [0.3, 0.4) is 0 Å². The third kappa shape index (κ3) is 65.8. The van der Waals surface area contributed by atoms with Crippen LogP contribution in [0.5, 0.6) is 0 Å². The summed E-state index contributed by atoms with van der Waals surface area (Å²) in [4.78, 5) is 28.8. The van der Waals surface area contributed by atoms with Crippen LogP contribution in [0.1, 0.15) is 182 Å². The minimum absolute atomic E-state index is 0.149. The van der Waals surface area contributed by atoms with E-state index in [4.69, 9.17) is 20.4 Å². The Morgan fingerprint density at radius 1 is 0.500 bits per heavy atom. The molecule has 40 heavy (non-hydrogen) atoms. The fourth-order valence-corrected chi connectivity index (χ4v) is 8.06. The van der Waals surface area contributed by atoms with Gasteiger partial charge in [-0.3, -0.25) is 9.59 Å². The number of unbranched alkanes of at least 4 members (excludes halogenated alkanes) is 18. The monoisotopic (exact) mass is 677 g/mol. The SMILES string of the molecule is CCCCCCCCCCCC(=O)O.CCCCCCCCCCCC(=O)O.CCC[CH2][Sn][CH2]CCC.N=C=O. The van der Waals surface area contributed by atoms with Crippen LogP contribution in [0.15, 0.2) is 0 Å². The van der Waals surface area contributed by atoms with Crippen LogP contribution in [0.4, 0.5) is 0 Å². The number of hydrogen-bond donors (Lipinski definition) is 3. The quantitative estimate of drug-likeness (QED) is 0.0365. The molecule has 6 nitrogen and oxygen atoms in total. The first-order valence-electron chi connectivity index (χ1n) is 16.6. The molecule has 0 bridgehead atoms. The van der Waals surface area contributed by atoms with Gasteiger partial charge in [-0.25, -0.2) is 10.2 Å². The van der Waals surface area contributed by atoms with Crippen molar-refractivity contribution in [2.24, 2.45) is 0 Å². The first-order valence-corrected chi connectivity index (χ1v) is 20.6. The molecule has 7 heteroatoms. The Labute approximate surface area is 259 Å². The molecule has 0 aromatic rings. The Balaban J connectivity index is -0.000000236. The van der Waals surface area contributed by atoms with Crippen molar-refractivity contribution in [2.45, 2.75) is 191 Å². The molecule has 2 radical (unpaired) electrons. The van der Waals surface area contributed by atoms with Crippen LogP contribution in [0.2, 0.25) is 8.87 Å². The van der Waals surface area contributed by atoms with E-state index in [1.54, 1.807) is 8.87 Å². The Morgan fingerprint density at radius 3 is 0.950 bits per heavy atom. The molecule has 0 aliphatic rings. The number of carbonyl (C=O) groups excluding carboxylic acids is 1. The average molecular weight is 677 g/mol. The Bertz CT molecular complexity index is 473. The van der Waals surface area contributed by atoms with Crippen LogP contribution >= 0.6 is 0 Å². The van der Waals surface area contributed by atoms with E-state index in [-0.39, 0.29) is 21.1 Å². The first-order chi connectivity index (χ1) is 19.4. The van der Waals surface area contributed by atoms with E-state index in [1.807, 2.05) is 0 Å². The van der Waals surface area contributed by atoms with Crippen molar-refractivity contribution in [2.75, 3.05) is 0 Å². The van der Waals surface area contributed by atoms with E-state index in [2.05, 4.69) is 27.7 Å². The number of carboxylic acid groups (broad SMARTS) is 2. The van der Waals surface area contributed by atoms with Gasteiger partial charge >= 0.3 is 81.5 Å². The number of carbonyl (C=O) groups is 2. The summed E-state index contributed by atoms with van der Waals surface area (Å²) in [5.74, 6) is -1.32. The van der Waals surface area contributed by atoms with Crippen molar-refractivity contribution >= 4 is 39.2 Å². The molecule has 0 saturated carbocycles. The van der Waals surface area contributed by atoms with E-state index in [1.165, 1.54) is 116 Å². The number of carboxylic acids is 2. The predicted octanol–water partition coefficient (Wildman–Crippen LogP) is 11.0. The Morgan fingerprint density at radius 2 is 0.725 bits per heavy atom. The van der Waals surface area contributed by atoms with Gasteiger partial charge in [-0.05, 0) is 12.8 Å². The van der Waals surface area contributed by atoms with E-state index in [9.17, 15) is 9.59 Å². The zero-order valence-corrected chi connectivity index (χ0v) is 29.9. The van der Waals surface area contributed by atoms with Crippen molar-refractivity contribution in [3.8, 4) is 0 Å². The van der Waals surface area contributed by atoms with Crippen molar-refractivity contribution in [1.29, 1.82) is 5.41 Å². The molecule has 0 aromatic heterocycles. The topological polar surface area (TPSA) is 116 Å². The minimum Gasteiger partial charge on any atom is -0.222 e. The van der Waals surface area contributed by atoms with Crippen LogP contribution in [0, 0.1) is 5.41 Å². The summed E-state index contributed by atoms with van der Waals surface area (Å²) in [7, 11) is 0. The molecule has 0 aliphatic carbocycles. The van der Waals surface area contributed by atoms with E-state index in [0.717, 1.165) is 31.8 Å². The van der Waals surface area contributed by atoms with E-state index >= 15 is 0 Å². The third-order valence-corrected chi connectivity index (χ3v) is 10.4. The summed E-state index contributed by atoms with van der Waals surface area (Å²) in [5, 5.41) is 22.2. The van der Waals surface area contributed by atoms with Crippen LogP contribution in [0.25, 0.3) is 0 Å². The van der Waals surface area contributed by atoms with Gasteiger partial charge in [-0.1, -0.05) is 117 Å². The maximum Gasteiger partial charge on any atom is 0.231 e. The van der Waals surface area contributed by atoms with Gasteiger partial charge in [0.2, 0.25) is 6.08 Å². The fourth-order valence-electron chi connectivity index (χ4n) is 3.90. The minimum atomic E-state index is -0.659. The van der Waals surface area contributed by atoms with Crippen molar-refractivity contribution in [3.05, 3.63) is 0 Å². The molecular formula is C33H67NO5Sn. The molecule has 0 heterocycles. The number of rotatable bonds is 26. The van der Waals surface area contributed by atoms with Crippen molar-refractivity contribution < 1.29 is 24.6 Å². The summed E-state index contributed by atoms with van der Waals surface area (Å²) < 4.78 is 3.25. The second kappa shape index (κ2) is 47.9. The second-order valence-electron chi connectivity index (χ2n) is 10.5. The summed E-state index contributed by atoms with van der Waals surface area (Å²) >= 11 is 0.149. The predicted molar refractivity (Wildman–Crippen MR) is 173 cm³/mol. The largest absolute Gasteiger partial charge is 0.231 e. The molecular weight excluding hydrogens is 609 g/mol. The summed E-state index contributed by atoms with van der Waals surface area (Å²) in [5.41, 5.74) is 0. The standard InChI is InChI=1S/2C12H24O2.2C4H9.CHNO.Sn/c2*1-2-3-4-5-6-7-8-9-10-11-12(13)14;2*1-3-4-2;2-1-3;/h2*2-11H2,1H3,(H,13,14);2*1,3-4H2,2H3;2H;. The normalized spacial score (nSPS) is 9.70. The van der Waals surface area contributed by atoms with Gasteiger partial charge in [0.1, 0.15) is 0 Å². The van der Waals surface area contributed by atoms with Crippen LogP contribution in [-0.4, -0.2) is 49.4 Å². The molecule has 0 unspecified atom stereocenters. The van der Waals surface area contributed by atoms with Gasteiger partial charge < -0.3 is 10.2 Å². The molecule has 0 fully saturated rings. The van der Waals surface area contributed by atoms with Crippen molar-refractivity contribution in [3.63, 3.8) is 0 Å². The molecule has 0 spiro atoms. The average Bonchev–Trinajstić information content (AvgIpc) is 2.92. The van der Waals surface area contributed by atoms with E-state index in [0.29, 0.717) is 12.8 Å². The number of nitrogens with one attached hydrogen (secondary N) is 1. The first kappa shape index (κ1) is 46.1. The van der Waals surface area contributed by atoms with Gasteiger partial charge in [-0.2, -0.15) is 0 Å². The Kier molecular flexibility index (Phi) is 55.2. The Hall–Kier alpha value is -0.881. The molecule has 3 N–H and O–H groups in total. The number of hydrogen-bond acceptors (Lipinski definition) is 4. The summed E-state index contributed by atoms with van der Waals surface area (Å²) in [6.45, 7) is 9.04. The number of isocyanates is 1. The molecule has 0 atom stereocenters. The zero-order chi connectivity index (χ0) is 31.0. The smallest absolute Gasteiger partial charge is 0.222 e. The van der Waals surface area contributed by atoms with Gasteiger partial charge in [0.15, 0.2) is 0 Å². The van der Waals surface area contributed by atoms with Gasteiger partial charge in [0.05, 0.1) is 0 Å².